The van der Waals surface area contributed by atoms with Gasteiger partial charge in [-0.3, -0.25) is 14.5 Å². The number of halogens is 1. The molecule has 3 rings (SSSR count). The topological polar surface area (TPSA) is 137 Å². The number of amides is 1. The van der Waals surface area contributed by atoms with Crippen LogP contribution in [0.4, 0.5) is 11.4 Å². The molecule has 0 aliphatic heterocycles. The number of guanidine groups is 1. The highest BCUT2D eigenvalue weighted by Gasteiger charge is 2.18. The van der Waals surface area contributed by atoms with E-state index in [2.05, 4.69) is 4.99 Å². The van der Waals surface area contributed by atoms with E-state index in [0.717, 1.165) is 0 Å². The number of esters is 2. The first kappa shape index (κ1) is 28.6. The molecule has 1 amide bonds. The third-order valence-electron chi connectivity index (χ3n) is 4.80. The summed E-state index contributed by atoms with van der Waals surface area (Å²) in [4.78, 5) is 42.5. The molecular weight excluding hydrogens is 496 g/mol. The fourth-order valence-corrected chi connectivity index (χ4v) is 3.13. The molecule has 0 aliphatic rings. The number of aliphatic imine (C=N–C) groups is 1. The van der Waals surface area contributed by atoms with Gasteiger partial charge in [-0.05, 0) is 67.1 Å². The summed E-state index contributed by atoms with van der Waals surface area (Å²) in [5, 5.41) is 0. The van der Waals surface area contributed by atoms with E-state index in [1.165, 1.54) is 11.0 Å². The predicted octanol–water partition coefficient (Wildman–Crippen LogP) is 3.84. The number of ether oxygens (including phenoxy) is 2. The molecule has 3 aromatic rings. The van der Waals surface area contributed by atoms with Crippen LogP contribution in [0.5, 0.6) is 5.75 Å². The maximum Gasteiger partial charge on any atom is 0.343 e. The van der Waals surface area contributed by atoms with Crippen molar-refractivity contribution in [3.05, 3.63) is 96.1 Å². The van der Waals surface area contributed by atoms with Gasteiger partial charge in [0.2, 0.25) is 0 Å². The Labute approximate surface area is 220 Å². The average molecular weight is 523 g/mol. The van der Waals surface area contributed by atoms with Crippen molar-refractivity contribution in [3.8, 4) is 5.75 Å². The van der Waals surface area contributed by atoms with Crippen LogP contribution >= 0.6 is 12.4 Å². The summed E-state index contributed by atoms with van der Waals surface area (Å²) in [5.41, 5.74) is 12.8. The monoisotopic (exact) mass is 522 g/mol. The molecule has 3 aromatic carbocycles. The van der Waals surface area contributed by atoms with Gasteiger partial charge in [-0.15, -0.1) is 12.4 Å². The normalized spacial score (nSPS) is 10.2. The van der Waals surface area contributed by atoms with Crippen LogP contribution in [0.3, 0.4) is 0 Å². The molecule has 0 saturated carbocycles. The molecule has 0 radical (unpaired) electrons. The highest BCUT2D eigenvalue weighted by Crippen LogP contribution is 2.19. The molecule has 0 spiro atoms. The SMILES string of the molecule is CCOC(=O)CN(C(=O)/C=C/c1ccc(C(=O)Oc2ccc(N=C(N)N)cc2)cc1)c1ccccc1.Cl. The zero-order valence-corrected chi connectivity index (χ0v) is 20.9. The van der Waals surface area contributed by atoms with Gasteiger partial charge >= 0.3 is 11.9 Å². The fraction of sp³-hybridized carbons (Fsp3) is 0.111. The number of nitrogens with two attached hydrogens (primary N) is 2. The van der Waals surface area contributed by atoms with Crippen LogP contribution in [0.1, 0.15) is 22.8 Å². The number of nitrogens with zero attached hydrogens (tertiary/aromatic N) is 2. The van der Waals surface area contributed by atoms with Crippen LogP contribution in [-0.4, -0.2) is 37.0 Å². The first-order chi connectivity index (χ1) is 17.4. The predicted molar refractivity (Wildman–Crippen MR) is 145 cm³/mol. The van der Waals surface area contributed by atoms with Gasteiger partial charge in [0, 0.05) is 11.8 Å². The van der Waals surface area contributed by atoms with Crippen molar-refractivity contribution < 1.29 is 23.9 Å². The van der Waals surface area contributed by atoms with Gasteiger partial charge in [0.15, 0.2) is 5.96 Å². The summed E-state index contributed by atoms with van der Waals surface area (Å²) in [6.45, 7) is 1.72. The quantitative estimate of drug-likeness (QED) is 0.143. The third kappa shape index (κ3) is 8.83. The standard InChI is InChI=1S/C27H26N4O5.ClH/c1-2-35-25(33)18-31(22-6-4-3-5-7-22)24(32)17-10-19-8-11-20(12-9-19)26(34)36-23-15-13-21(14-16-23)30-27(28)29;/h3-17H,2,18H2,1H3,(H4,28,29,30);1H/b17-10+;. The summed E-state index contributed by atoms with van der Waals surface area (Å²) in [6, 6.07) is 21.8. The van der Waals surface area contributed by atoms with Crippen molar-refractivity contribution in [3.63, 3.8) is 0 Å². The number of rotatable bonds is 9. The van der Waals surface area contributed by atoms with Crippen molar-refractivity contribution >= 4 is 53.7 Å². The highest BCUT2D eigenvalue weighted by molar-refractivity contribution is 6.06. The van der Waals surface area contributed by atoms with Crippen molar-refractivity contribution in [2.75, 3.05) is 18.1 Å². The van der Waals surface area contributed by atoms with E-state index in [-0.39, 0.29) is 37.4 Å². The first-order valence-electron chi connectivity index (χ1n) is 11.1. The second-order valence-corrected chi connectivity index (χ2v) is 7.44. The second kappa shape index (κ2) is 14.1. The smallest absolute Gasteiger partial charge is 0.343 e. The van der Waals surface area contributed by atoms with Gasteiger partial charge in [-0.2, -0.15) is 0 Å². The molecule has 0 aliphatic carbocycles. The maximum atomic E-state index is 12.9. The van der Waals surface area contributed by atoms with Gasteiger partial charge in [0.25, 0.3) is 5.91 Å². The number of hydrogen-bond acceptors (Lipinski definition) is 6. The Morgan fingerprint density at radius 3 is 2.16 bits per heavy atom. The number of para-hydroxylation sites is 1. The molecule has 192 valence electrons. The van der Waals surface area contributed by atoms with Gasteiger partial charge < -0.3 is 20.9 Å². The summed E-state index contributed by atoms with van der Waals surface area (Å²) in [7, 11) is 0. The van der Waals surface area contributed by atoms with E-state index < -0.39 is 11.9 Å². The Hall–Kier alpha value is -4.63. The Bertz CT molecular complexity index is 1260. The van der Waals surface area contributed by atoms with Crippen molar-refractivity contribution in [2.24, 2.45) is 16.5 Å². The van der Waals surface area contributed by atoms with Crippen LogP contribution in [0.15, 0.2) is 89.9 Å². The summed E-state index contributed by atoms with van der Waals surface area (Å²) in [6.07, 6.45) is 2.96. The molecule has 0 aromatic heterocycles. The first-order valence-corrected chi connectivity index (χ1v) is 11.1. The molecule has 10 heteroatoms. The average Bonchev–Trinajstić information content (AvgIpc) is 2.87. The van der Waals surface area contributed by atoms with Crippen molar-refractivity contribution in [2.45, 2.75) is 6.92 Å². The lowest BCUT2D eigenvalue weighted by Crippen LogP contribution is -2.35. The maximum absolute atomic E-state index is 12.9. The zero-order valence-electron chi connectivity index (χ0n) is 20.1. The highest BCUT2D eigenvalue weighted by atomic mass is 35.5. The van der Waals surface area contributed by atoms with Gasteiger partial charge in [-0.25, -0.2) is 9.79 Å². The molecule has 0 unspecified atom stereocenters. The molecule has 4 N–H and O–H groups in total. The van der Waals surface area contributed by atoms with Crippen molar-refractivity contribution in [1.82, 2.24) is 0 Å². The molecule has 9 nitrogen and oxygen atoms in total. The lowest BCUT2D eigenvalue weighted by molar-refractivity contribution is -0.142. The van der Waals surface area contributed by atoms with E-state index >= 15 is 0 Å². The van der Waals surface area contributed by atoms with Crippen LogP contribution in [0.25, 0.3) is 6.08 Å². The lowest BCUT2D eigenvalue weighted by atomic mass is 10.1. The van der Waals surface area contributed by atoms with Gasteiger partial charge in [-0.1, -0.05) is 30.3 Å². The molecule has 0 atom stereocenters. The van der Waals surface area contributed by atoms with E-state index in [0.29, 0.717) is 28.3 Å². The third-order valence-corrected chi connectivity index (χ3v) is 4.80. The zero-order chi connectivity index (χ0) is 25.9. The summed E-state index contributed by atoms with van der Waals surface area (Å²) in [5.74, 6) is -1.16. The summed E-state index contributed by atoms with van der Waals surface area (Å²) < 4.78 is 10.4. The number of carbonyl (C=O) groups excluding carboxylic acids is 3. The van der Waals surface area contributed by atoms with Crippen LogP contribution in [-0.2, 0) is 14.3 Å². The van der Waals surface area contributed by atoms with Crippen molar-refractivity contribution in [1.29, 1.82) is 0 Å². The van der Waals surface area contributed by atoms with Gasteiger partial charge in [0.05, 0.1) is 17.9 Å². The molecule has 0 fully saturated rings. The molecular formula is C27H27ClN4O5. The summed E-state index contributed by atoms with van der Waals surface area (Å²) >= 11 is 0. The minimum absolute atomic E-state index is 0. The minimum Gasteiger partial charge on any atom is -0.465 e. The van der Waals surface area contributed by atoms with Gasteiger partial charge in [0.1, 0.15) is 12.3 Å². The fourth-order valence-electron chi connectivity index (χ4n) is 3.13. The van der Waals surface area contributed by atoms with E-state index in [1.54, 1.807) is 85.8 Å². The number of hydrogen-bond donors (Lipinski definition) is 2. The molecule has 0 saturated heterocycles. The Kier molecular flexibility index (Phi) is 10.9. The minimum atomic E-state index is -0.541. The van der Waals surface area contributed by atoms with Crippen LogP contribution in [0, 0.1) is 0 Å². The largest absolute Gasteiger partial charge is 0.465 e. The number of anilines is 1. The Morgan fingerprint density at radius 1 is 0.919 bits per heavy atom. The van der Waals surface area contributed by atoms with Crippen LogP contribution in [0.2, 0.25) is 0 Å². The molecule has 0 heterocycles. The molecule has 0 bridgehead atoms. The lowest BCUT2D eigenvalue weighted by Gasteiger charge is -2.20. The van der Waals surface area contributed by atoms with E-state index in [1.807, 2.05) is 6.07 Å². The molecule has 37 heavy (non-hydrogen) atoms. The van der Waals surface area contributed by atoms with E-state index in [4.69, 9.17) is 20.9 Å². The number of benzene rings is 3. The second-order valence-electron chi connectivity index (χ2n) is 7.44. The Morgan fingerprint density at radius 2 is 1.57 bits per heavy atom. The Balaban J connectivity index is 0.00000481. The van der Waals surface area contributed by atoms with Crippen LogP contribution < -0.4 is 21.1 Å². The number of carbonyl (C=O) groups is 3. The van der Waals surface area contributed by atoms with E-state index in [9.17, 15) is 14.4 Å².